The van der Waals surface area contributed by atoms with Gasteiger partial charge in [-0.25, -0.2) is 4.98 Å². The van der Waals surface area contributed by atoms with Crippen LogP contribution in [0.5, 0.6) is 5.88 Å². The molecule has 2 fully saturated rings. The van der Waals surface area contributed by atoms with Crippen LogP contribution in [-0.2, 0) is 4.79 Å². The van der Waals surface area contributed by atoms with Gasteiger partial charge in [-0.15, -0.1) is 0 Å². The quantitative estimate of drug-likeness (QED) is 0.865. The fourth-order valence-corrected chi connectivity index (χ4v) is 2.87. The molecular weight excluding hydrogens is 306 g/mol. The van der Waals surface area contributed by atoms with E-state index in [0.29, 0.717) is 36.9 Å². The summed E-state index contributed by atoms with van der Waals surface area (Å²) in [6.45, 7) is 3.83. The highest BCUT2D eigenvalue weighted by atomic mass is 16.5. The van der Waals surface area contributed by atoms with Gasteiger partial charge in [0.15, 0.2) is 0 Å². The first kappa shape index (κ1) is 16.7. The normalized spacial score (nSPS) is 20.5. The van der Waals surface area contributed by atoms with Crippen molar-refractivity contribution in [3.63, 3.8) is 0 Å². The second kappa shape index (κ2) is 7.64. The van der Waals surface area contributed by atoms with Gasteiger partial charge in [-0.05, 0) is 37.7 Å². The summed E-state index contributed by atoms with van der Waals surface area (Å²) in [4.78, 5) is 30.2. The number of aromatic nitrogens is 1. The molecule has 0 unspecified atom stereocenters. The lowest BCUT2D eigenvalue weighted by atomic mass is 10.0. The Labute approximate surface area is 142 Å². The second-order valence-corrected chi connectivity index (χ2v) is 6.65. The van der Waals surface area contributed by atoms with Crippen molar-refractivity contribution in [1.82, 2.24) is 15.2 Å². The van der Waals surface area contributed by atoms with E-state index >= 15 is 0 Å². The van der Waals surface area contributed by atoms with Crippen LogP contribution in [0.25, 0.3) is 0 Å². The summed E-state index contributed by atoms with van der Waals surface area (Å²) in [5.41, 5.74) is 0.566. The first-order chi connectivity index (χ1) is 11.7. The number of pyridine rings is 1. The van der Waals surface area contributed by atoms with Gasteiger partial charge >= 0.3 is 0 Å². The zero-order valence-electron chi connectivity index (χ0n) is 14.2. The lowest BCUT2D eigenvalue weighted by molar-refractivity contribution is -0.121. The number of carbonyl (C=O) groups excluding carboxylic acids is 2. The summed E-state index contributed by atoms with van der Waals surface area (Å²) >= 11 is 0. The number of hydrogen-bond acceptors (Lipinski definition) is 4. The molecule has 1 aromatic rings. The van der Waals surface area contributed by atoms with Crippen LogP contribution >= 0.6 is 0 Å². The Morgan fingerprint density at radius 3 is 2.83 bits per heavy atom. The van der Waals surface area contributed by atoms with Gasteiger partial charge in [-0.3, -0.25) is 9.59 Å². The lowest BCUT2D eigenvalue weighted by Gasteiger charge is -2.33. The number of likely N-dealkylation sites (tertiary alicyclic amines) is 1. The molecular formula is C18H25N3O3. The third kappa shape index (κ3) is 4.46. The highest BCUT2D eigenvalue weighted by Gasteiger charge is 2.26. The maximum Gasteiger partial charge on any atom is 0.255 e. The topological polar surface area (TPSA) is 71.5 Å². The minimum Gasteiger partial charge on any atom is -0.477 e. The zero-order valence-corrected chi connectivity index (χ0v) is 14.2. The molecule has 3 rings (SSSR count). The maximum absolute atomic E-state index is 12.6. The van der Waals surface area contributed by atoms with Crippen LogP contribution in [0.3, 0.4) is 0 Å². The van der Waals surface area contributed by atoms with Crippen molar-refractivity contribution < 1.29 is 14.3 Å². The summed E-state index contributed by atoms with van der Waals surface area (Å²) in [6, 6.07) is 3.58. The van der Waals surface area contributed by atoms with E-state index < -0.39 is 0 Å². The maximum atomic E-state index is 12.6. The van der Waals surface area contributed by atoms with Crippen molar-refractivity contribution in [2.24, 2.45) is 5.92 Å². The van der Waals surface area contributed by atoms with Crippen LogP contribution in [-0.4, -0.2) is 47.4 Å². The van der Waals surface area contributed by atoms with E-state index in [2.05, 4.69) is 10.3 Å². The molecule has 1 aromatic heterocycles. The molecule has 1 saturated carbocycles. The average Bonchev–Trinajstić information content (AvgIpc) is 3.44. The molecule has 1 atom stereocenters. The summed E-state index contributed by atoms with van der Waals surface area (Å²) in [5.74, 6) is 1.25. The van der Waals surface area contributed by atoms with Gasteiger partial charge in [0.1, 0.15) is 0 Å². The summed E-state index contributed by atoms with van der Waals surface area (Å²) in [6.07, 6.45) is 6.34. The summed E-state index contributed by atoms with van der Waals surface area (Å²) in [5, 5.41) is 2.98. The minimum atomic E-state index is -0.0355. The molecule has 1 N–H and O–H groups in total. The molecule has 1 aliphatic carbocycles. The number of rotatable bonds is 6. The Balaban J connectivity index is 1.55. The standard InChI is InChI=1S/C18H25N3O3/c1-2-16(22)20-15-4-3-9-21(11-15)18(23)14-7-8-17(19-10-14)24-12-13-5-6-13/h7-8,10,13,15H,2-6,9,11-12H2,1H3,(H,20,22)/t15-/m1/s1. The van der Waals surface area contributed by atoms with E-state index in [1.54, 1.807) is 23.2 Å². The summed E-state index contributed by atoms with van der Waals surface area (Å²) in [7, 11) is 0. The van der Waals surface area contributed by atoms with E-state index in [4.69, 9.17) is 4.74 Å². The smallest absolute Gasteiger partial charge is 0.255 e. The van der Waals surface area contributed by atoms with E-state index in [1.165, 1.54) is 12.8 Å². The Morgan fingerprint density at radius 1 is 1.33 bits per heavy atom. The van der Waals surface area contributed by atoms with Gasteiger partial charge in [0, 0.05) is 37.8 Å². The molecule has 24 heavy (non-hydrogen) atoms. The molecule has 0 aromatic carbocycles. The van der Waals surface area contributed by atoms with Crippen LogP contribution < -0.4 is 10.1 Å². The average molecular weight is 331 g/mol. The number of nitrogens with zero attached hydrogens (tertiary/aromatic N) is 2. The molecule has 1 aliphatic heterocycles. The molecule has 6 nitrogen and oxygen atoms in total. The first-order valence-electron chi connectivity index (χ1n) is 8.83. The molecule has 6 heteroatoms. The fraction of sp³-hybridized carbons (Fsp3) is 0.611. The first-order valence-corrected chi connectivity index (χ1v) is 8.83. The van der Waals surface area contributed by atoms with Crippen molar-refractivity contribution in [3.05, 3.63) is 23.9 Å². The van der Waals surface area contributed by atoms with E-state index in [-0.39, 0.29) is 17.9 Å². The number of piperidine rings is 1. The van der Waals surface area contributed by atoms with Crippen LogP contribution in [0.15, 0.2) is 18.3 Å². The van der Waals surface area contributed by atoms with Gasteiger partial charge in [-0.1, -0.05) is 6.92 Å². The van der Waals surface area contributed by atoms with E-state index in [9.17, 15) is 9.59 Å². The molecule has 2 aliphatic rings. The van der Waals surface area contributed by atoms with Gasteiger partial charge in [-0.2, -0.15) is 0 Å². The number of nitrogens with one attached hydrogen (secondary N) is 1. The van der Waals surface area contributed by atoms with E-state index in [0.717, 1.165) is 19.4 Å². The predicted octanol–water partition coefficient (Wildman–Crippen LogP) is 2.00. The minimum absolute atomic E-state index is 0.0353. The highest BCUT2D eigenvalue weighted by molar-refractivity contribution is 5.94. The van der Waals surface area contributed by atoms with Crippen molar-refractivity contribution >= 4 is 11.8 Å². The molecule has 2 amide bonds. The zero-order chi connectivity index (χ0) is 16.9. The number of amides is 2. The molecule has 0 spiro atoms. The summed E-state index contributed by atoms with van der Waals surface area (Å²) < 4.78 is 5.60. The van der Waals surface area contributed by atoms with Crippen LogP contribution in [0.4, 0.5) is 0 Å². The molecule has 0 bridgehead atoms. The largest absolute Gasteiger partial charge is 0.477 e. The number of carbonyl (C=O) groups is 2. The number of ether oxygens (including phenoxy) is 1. The fourth-order valence-electron chi connectivity index (χ4n) is 2.87. The second-order valence-electron chi connectivity index (χ2n) is 6.65. The van der Waals surface area contributed by atoms with Crippen LogP contribution in [0.1, 0.15) is 49.4 Å². The monoisotopic (exact) mass is 331 g/mol. The van der Waals surface area contributed by atoms with Gasteiger partial charge < -0.3 is 15.0 Å². The van der Waals surface area contributed by atoms with Gasteiger partial charge in [0.25, 0.3) is 5.91 Å². The lowest BCUT2D eigenvalue weighted by Crippen LogP contribution is -2.49. The Morgan fingerprint density at radius 2 is 2.17 bits per heavy atom. The van der Waals surface area contributed by atoms with Crippen molar-refractivity contribution in [3.8, 4) is 5.88 Å². The Hall–Kier alpha value is -2.11. The van der Waals surface area contributed by atoms with Crippen molar-refractivity contribution in [2.75, 3.05) is 19.7 Å². The third-order valence-electron chi connectivity index (χ3n) is 4.54. The SMILES string of the molecule is CCC(=O)N[C@@H]1CCCN(C(=O)c2ccc(OCC3CC3)nc2)C1. The van der Waals surface area contributed by atoms with Crippen molar-refractivity contribution in [2.45, 2.75) is 45.1 Å². The molecule has 130 valence electrons. The predicted molar refractivity (Wildman–Crippen MR) is 89.8 cm³/mol. The van der Waals surface area contributed by atoms with E-state index in [1.807, 2.05) is 6.92 Å². The van der Waals surface area contributed by atoms with Gasteiger partial charge in [0.05, 0.1) is 12.2 Å². The van der Waals surface area contributed by atoms with Gasteiger partial charge in [0.2, 0.25) is 11.8 Å². The highest BCUT2D eigenvalue weighted by Crippen LogP contribution is 2.29. The van der Waals surface area contributed by atoms with Crippen LogP contribution in [0.2, 0.25) is 0 Å². The molecule has 0 radical (unpaired) electrons. The third-order valence-corrected chi connectivity index (χ3v) is 4.54. The Bertz CT molecular complexity index is 584. The Kier molecular flexibility index (Phi) is 5.33. The number of hydrogen-bond donors (Lipinski definition) is 1. The molecule has 1 saturated heterocycles. The molecule has 2 heterocycles. The van der Waals surface area contributed by atoms with Crippen molar-refractivity contribution in [1.29, 1.82) is 0 Å². The van der Waals surface area contributed by atoms with Crippen LogP contribution in [0, 0.1) is 5.92 Å².